The SMILES string of the molecule is Clc1ccc(-c2ccccc2CN2CC[N]CC2)cc1. The molecule has 103 valence electrons. The van der Waals surface area contributed by atoms with E-state index in [0.29, 0.717) is 0 Å². The average molecular weight is 286 g/mol. The molecule has 0 saturated carbocycles. The first kappa shape index (κ1) is 13.6. The van der Waals surface area contributed by atoms with E-state index in [1.165, 1.54) is 16.7 Å². The lowest BCUT2D eigenvalue weighted by molar-refractivity contribution is 0.231. The molecule has 1 radical (unpaired) electrons. The van der Waals surface area contributed by atoms with Gasteiger partial charge in [0, 0.05) is 37.7 Å². The van der Waals surface area contributed by atoms with Crippen LogP contribution in [0.1, 0.15) is 5.56 Å². The Morgan fingerprint density at radius 2 is 1.65 bits per heavy atom. The van der Waals surface area contributed by atoms with Crippen LogP contribution in [0.5, 0.6) is 0 Å². The molecule has 0 unspecified atom stereocenters. The van der Waals surface area contributed by atoms with Gasteiger partial charge in [-0.25, -0.2) is 5.32 Å². The van der Waals surface area contributed by atoms with Gasteiger partial charge in [0.1, 0.15) is 0 Å². The summed E-state index contributed by atoms with van der Waals surface area (Å²) in [6.45, 7) is 5.05. The zero-order valence-corrected chi connectivity index (χ0v) is 12.2. The van der Waals surface area contributed by atoms with E-state index in [2.05, 4.69) is 46.6 Å². The summed E-state index contributed by atoms with van der Waals surface area (Å²) in [6.07, 6.45) is 0. The lowest BCUT2D eigenvalue weighted by Gasteiger charge is -2.27. The molecule has 3 heteroatoms. The number of hydrogen-bond acceptors (Lipinski definition) is 1. The molecule has 0 aliphatic carbocycles. The van der Waals surface area contributed by atoms with Gasteiger partial charge in [0.2, 0.25) is 0 Å². The lowest BCUT2D eigenvalue weighted by atomic mass is 9.99. The van der Waals surface area contributed by atoms with Gasteiger partial charge in [0.25, 0.3) is 0 Å². The van der Waals surface area contributed by atoms with Gasteiger partial charge >= 0.3 is 0 Å². The Bertz CT molecular complexity index is 559. The van der Waals surface area contributed by atoms with Crippen LogP contribution >= 0.6 is 11.6 Å². The second-order valence-corrected chi connectivity index (χ2v) is 5.55. The fourth-order valence-corrected chi connectivity index (χ4v) is 2.74. The van der Waals surface area contributed by atoms with Crippen molar-refractivity contribution in [3.05, 3.63) is 59.1 Å². The van der Waals surface area contributed by atoms with Crippen LogP contribution in [0.4, 0.5) is 0 Å². The highest BCUT2D eigenvalue weighted by atomic mass is 35.5. The highest BCUT2D eigenvalue weighted by Gasteiger charge is 2.13. The third-order valence-electron chi connectivity index (χ3n) is 3.72. The quantitative estimate of drug-likeness (QED) is 0.845. The largest absolute Gasteiger partial charge is 0.296 e. The fraction of sp³-hybridized carbons (Fsp3) is 0.294. The van der Waals surface area contributed by atoms with Crippen LogP contribution in [0.15, 0.2) is 48.5 Å². The number of benzene rings is 2. The molecule has 0 spiro atoms. The molecule has 0 bridgehead atoms. The highest BCUT2D eigenvalue weighted by Crippen LogP contribution is 2.26. The summed E-state index contributed by atoms with van der Waals surface area (Å²) < 4.78 is 0. The number of piperazine rings is 1. The van der Waals surface area contributed by atoms with Crippen molar-refractivity contribution < 1.29 is 0 Å². The van der Waals surface area contributed by atoms with Crippen molar-refractivity contribution in [2.45, 2.75) is 6.54 Å². The van der Waals surface area contributed by atoms with Crippen molar-refractivity contribution in [1.29, 1.82) is 0 Å². The van der Waals surface area contributed by atoms with Crippen LogP contribution in [0.2, 0.25) is 5.02 Å². The standard InChI is InChI=1S/C17H18ClN2/c18-16-7-5-14(6-8-16)17-4-2-1-3-15(17)13-20-11-9-19-10-12-20/h1-8H,9-13H2. The molecule has 3 rings (SSSR count). The van der Waals surface area contributed by atoms with Crippen molar-refractivity contribution in [3.8, 4) is 11.1 Å². The maximum Gasteiger partial charge on any atom is 0.0406 e. The van der Waals surface area contributed by atoms with Crippen LogP contribution in [-0.2, 0) is 6.54 Å². The molecule has 1 heterocycles. The summed E-state index contributed by atoms with van der Waals surface area (Å²) in [7, 11) is 0. The Labute approximate surface area is 125 Å². The van der Waals surface area contributed by atoms with E-state index in [0.717, 1.165) is 37.7 Å². The molecule has 0 atom stereocenters. The van der Waals surface area contributed by atoms with E-state index in [1.54, 1.807) is 0 Å². The van der Waals surface area contributed by atoms with Gasteiger partial charge in [0.15, 0.2) is 0 Å². The van der Waals surface area contributed by atoms with Crippen LogP contribution < -0.4 is 5.32 Å². The average Bonchev–Trinajstić information content (AvgIpc) is 2.50. The van der Waals surface area contributed by atoms with Crippen LogP contribution in [0.25, 0.3) is 11.1 Å². The Balaban J connectivity index is 1.85. The first-order valence-corrected chi connectivity index (χ1v) is 7.40. The third-order valence-corrected chi connectivity index (χ3v) is 3.97. The van der Waals surface area contributed by atoms with Gasteiger partial charge in [0.05, 0.1) is 0 Å². The van der Waals surface area contributed by atoms with Crippen LogP contribution in [0.3, 0.4) is 0 Å². The van der Waals surface area contributed by atoms with Gasteiger partial charge in [-0.05, 0) is 28.8 Å². The second kappa shape index (κ2) is 6.40. The zero-order chi connectivity index (χ0) is 13.8. The minimum Gasteiger partial charge on any atom is -0.296 e. The number of rotatable bonds is 3. The summed E-state index contributed by atoms with van der Waals surface area (Å²) in [4.78, 5) is 2.47. The first-order chi connectivity index (χ1) is 9.83. The number of nitrogens with zero attached hydrogens (tertiary/aromatic N) is 2. The van der Waals surface area contributed by atoms with E-state index in [9.17, 15) is 0 Å². The minimum absolute atomic E-state index is 0.781. The van der Waals surface area contributed by atoms with Gasteiger partial charge in [-0.1, -0.05) is 48.0 Å². The predicted molar refractivity (Wildman–Crippen MR) is 84.0 cm³/mol. The highest BCUT2D eigenvalue weighted by molar-refractivity contribution is 6.30. The van der Waals surface area contributed by atoms with Crippen molar-refractivity contribution >= 4 is 11.6 Å². The van der Waals surface area contributed by atoms with Gasteiger partial charge in [-0.15, -0.1) is 0 Å². The second-order valence-electron chi connectivity index (χ2n) is 5.11. The van der Waals surface area contributed by atoms with E-state index < -0.39 is 0 Å². The fourth-order valence-electron chi connectivity index (χ4n) is 2.62. The summed E-state index contributed by atoms with van der Waals surface area (Å²) in [5.74, 6) is 0. The molecule has 2 aromatic rings. The molecular weight excluding hydrogens is 268 g/mol. The van der Waals surface area contributed by atoms with E-state index >= 15 is 0 Å². The van der Waals surface area contributed by atoms with Gasteiger partial charge in [-0.3, -0.25) is 4.90 Å². The molecule has 1 fully saturated rings. The maximum absolute atomic E-state index is 5.98. The minimum atomic E-state index is 0.781. The molecule has 0 aromatic heterocycles. The van der Waals surface area contributed by atoms with Crippen molar-refractivity contribution in [3.63, 3.8) is 0 Å². The van der Waals surface area contributed by atoms with Gasteiger partial charge < -0.3 is 0 Å². The summed E-state index contributed by atoms with van der Waals surface area (Å²) >= 11 is 5.98. The maximum atomic E-state index is 5.98. The molecule has 2 nitrogen and oxygen atoms in total. The smallest absolute Gasteiger partial charge is 0.0406 e. The van der Waals surface area contributed by atoms with Crippen LogP contribution in [0, 0.1) is 0 Å². The molecule has 0 N–H and O–H groups in total. The molecular formula is C17H18ClN2. The number of halogens is 1. The molecule has 1 aliphatic heterocycles. The van der Waals surface area contributed by atoms with E-state index in [1.807, 2.05) is 12.1 Å². The Kier molecular flexibility index (Phi) is 4.36. The van der Waals surface area contributed by atoms with Gasteiger partial charge in [-0.2, -0.15) is 0 Å². The molecule has 0 amide bonds. The Morgan fingerprint density at radius 3 is 2.40 bits per heavy atom. The number of hydrogen-bond donors (Lipinski definition) is 0. The predicted octanol–water partition coefficient (Wildman–Crippen LogP) is 3.43. The normalized spacial score (nSPS) is 16.2. The molecule has 20 heavy (non-hydrogen) atoms. The topological polar surface area (TPSA) is 17.3 Å². The monoisotopic (exact) mass is 285 g/mol. The van der Waals surface area contributed by atoms with Crippen molar-refractivity contribution in [2.75, 3.05) is 26.2 Å². The molecule has 1 aliphatic rings. The molecule has 2 aromatic carbocycles. The molecule has 1 saturated heterocycles. The summed E-state index contributed by atoms with van der Waals surface area (Å²) in [5, 5.41) is 5.18. The van der Waals surface area contributed by atoms with Crippen molar-refractivity contribution in [2.24, 2.45) is 0 Å². The van der Waals surface area contributed by atoms with Crippen molar-refractivity contribution in [1.82, 2.24) is 10.2 Å². The lowest BCUT2D eigenvalue weighted by Crippen LogP contribution is -2.39. The third kappa shape index (κ3) is 3.21. The first-order valence-electron chi connectivity index (χ1n) is 7.02. The van der Waals surface area contributed by atoms with E-state index in [-0.39, 0.29) is 0 Å². The Hall–Kier alpha value is -1.35. The van der Waals surface area contributed by atoms with E-state index in [4.69, 9.17) is 11.6 Å². The zero-order valence-electron chi connectivity index (χ0n) is 11.4. The Morgan fingerprint density at radius 1 is 0.950 bits per heavy atom. The summed E-state index contributed by atoms with van der Waals surface area (Å²) in [5.41, 5.74) is 3.90. The summed E-state index contributed by atoms with van der Waals surface area (Å²) in [6, 6.07) is 16.7. The van der Waals surface area contributed by atoms with Crippen LogP contribution in [-0.4, -0.2) is 31.1 Å².